The van der Waals surface area contributed by atoms with E-state index in [0.29, 0.717) is 22.3 Å². The molecule has 130 valence electrons. The number of benzene rings is 2. The molecule has 0 aliphatic carbocycles. The number of amides is 1. The lowest BCUT2D eigenvalue weighted by Crippen LogP contribution is -2.36. The zero-order chi connectivity index (χ0) is 18.5. The number of nitrogens with one attached hydrogen (secondary N) is 2. The van der Waals surface area contributed by atoms with Gasteiger partial charge in [0.15, 0.2) is 11.4 Å². The number of aliphatic hydroxyl groups is 1. The van der Waals surface area contributed by atoms with Gasteiger partial charge in [-0.25, -0.2) is 4.98 Å². The van der Waals surface area contributed by atoms with Crippen molar-refractivity contribution in [2.24, 2.45) is 0 Å². The van der Waals surface area contributed by atoms with Crippen LogP contribution in [-0.2, 0) is 10.4 Å². The number of hydrogen-bond acceptors (Lipinski definition) is 6. The zero-order valence-corrected chi connectivity index (χ0v) is 13.2. The van der Waals surface area contributed by atoms with Gasteiger partial charge in [0.1, 0.15) is 0 Å². The molecule has 2 aromatic carbocycles. The van der Waals surface area contributed by atoms with Gasteiger partial charge in [-0.3, -0.25) is 19.7 Å². The Labute approximate surface area is 145 Å². The fraction of sp³-hybridized carbons (Fsp3) is 0.118. The van der Waals surface area contributed by atoms with E-state index in [1.165, 1.54) is 18.2 Å². The van der Waals surface area contributed by atoms with Crippen molar-refractivity contribution >= 4 is 34.1 Å². The van der Waals surface area contributed by atoms with Crippen LogP contribution in [0.4, 0.5) is 11.4 Å². The Morgan fingerprint density at radius 1 is 1.27 bits per heavy atom. The van der Waals surface area contributed by atoms with Crippen molar-refractivity contribution in [3.05, 3.63) is 64.0 Å². The summed E-state index contributed by atoms with van der Waals surface area (Å²) < 4.78 is 0. The molecule has 3 N–H and O–H groups in total. The van der Waals surface area contributed by atoms with Gasteiger partial charge < -0.3 is 15.4 Å². The molecule has 1 amide bonds. The van der Waals surface area contributed by atoms with Crippen LogP contribution in [-0.4, -0.2) is 31.7 Å². The minimum Gasteiger partial charge on any atom is -0.375 e. The molecule has 0 fully saturated rings. The summed E-state index contributed by atoms with van der Waals surface area (Å²) in [4.78, 5) is 41.9. The first-order valence-electron chi connectivity index (χ1n) is 7.69. The third kappa shape index (κ3) is 2.33. The number of nitro benzene ring substituents is 1. The van der Waals surface area contributed by atoms with E-state index in [2.05, 4.69) is 15.3 Å². The number of nitro groups is 1. The minimum atomic E-state index is -1.99. The highest BCUT2D eigenvalue weighted by molar-refractivity contribution is 6.09. The number of imidazole rings is 1. The number of non-ortho nitro benzene ring substituents is 1. The first kappa shape index (κ1) is 15.9. The van der Waals surface area contributed by atoms with E-state index in [1.54, 1.807) is 24.3 Å². The lowest BCUT2D eigenvalue weighted by Gasteiger charge is -2.19. The van der Waals surface area contributed by atoms with Crippen LogP contribution in [0.1, 0.15) is 22.6 Å². The fourth-order valence-electron chi connectivity index (χ4n) is 3.04. The van der Waals surface area contributed by atoms with E-state index < -0.39 is 28.6 Å². The number of nitrogens with zero attached hydrogens (tertiary/aromatic N) is 2. The third-order valence-corrected chi connectivity index (χ3v) is 4.35. The fourth-order valence-corrected chi connectivity index (χ4v) is 3.04. The number of anilines is 1. The molecule has 1 aliphatic heterocycles. The molecule has 0 saturated carbocycles. The van der Waals surface area contributed by atoms with Crippen molar-refractivity contribution in [3.63, 3.8) is 0 Å². The highest BCUT2D eigenvalue weighted by Gasteiger charge is 2.47. The van der Waals surface area contributed by atoms with Crippen LogP contribution in [0.25, 0.3) is 11.0 Å². The first-order chi connectivity index (χ1) is 12.4. The molecule has 1 atom stereocenters. The van der Waals surface area contributed by atoms with Gasteiger partial charge in [0.25, 0.3) is 11.6 Å². The van der Waals surface area contributed by atoms with E-state index in [9.17, 15) is 24.8 Å². The number of para-hydroxylation sites is 1. The van der Waals surface area contributed by atoms with E-state index in [0.717, 1.165) is 0 Å². The number of carbonyl (C=O) groups excluding carboxylic acids is 2. The van der Waals surface area contributed by atoms with Crippen LogP contribution < -0.4 is 5.32 Å². The van der Waals surface area contributed by atoms with Crippen molar-refractivity contribution < 1.29 is 19.6 Å². The molecule has 0 radical (unpaired) electrons. The Hall–Kier alpha value is -3.59. The molecule has 9 heteroatoms. The molecular formula is C17H12N4O5. The zero-order valence-electron chi connectivity index (χ0n) is 13.2. The Morgan fingerprint density at radius 2 is 2.04 bits per heavy atom. The lowest BCUT2D eigenvalue weighted by atomic mass is 9.90. The highest BCUT2D eigenvalue weighted by atomic mass is 16.6. The van der Waals surface area contributed by atoms with Crippen molar-refractivity contribution in [2.45, 2.75) is 12.0 Å². The molecule has 4 rings (SSSR count). The van der Waals surface area contributed by atoms with Crippen LogP contribution in [0.5, 0.6) is 0 Å². The predicted octanol–water partition coefficient (Wildman–Crippen LogP) is 1.88. The number of rotatable bonds is 4. The summed E-state index contributed by atoms with van der Waals surface area (Å²) in [6.07, 6.45) is -0.502. The Morgan fingerprint density at radius 3 is 2.81 bits per heavy atom. The van der Waals surface area contributed by atoms with Gasteiger partial charge in [-0.05, 0) is 12.1 Å². The predicted molar refractivity (Wildman–Crippen MR) is 90.7 cm³/mol. The summed E-state index contributed by atoms with van der Waals surface area (Å²) >= 11 is 0. The largest absolute Gasteiger partial charge is 0.375 e. The normalized spacial score (nSPS) is 18.6. The summed E-state index contributed by atoms with van der Waals surface area (Å²) in [5, 5.41) is 24.2. The standard InChI is InChI=1S/C17H12N4O5/c22-14(8-17(24)10-3-1-2-4-11(10)20-16(17)23)15-18-12-6-5-9(21(25)26)7-13(12)19-15/h1-7,24H,8H2,(H,18,19)(H,20,23). The van der Waals surface area contributed by atoms with Gasteiger partial charge in [0, 0.05) is 23.4 Å². The highest BCUT2D eigenvalue weighted by Crippen LogP contribution is 2.38. The van der Waals surface area contributed by atoms with Crippen molar-refractivity contribution in [1.82, 2.24) is 9.97 Å². The SMILES string of the molecule is O=C(CC1(O)C(=O)Nc2ccccc21)c1nc2ccc([N+](=O)[O-])cc2[nH]1. The summed E-state index contributed by atoms with van der Waals surface area (Å²) in [5.41, 5.74) is -0.646. The second-order valence-electron chi connectivity index (χ2n) is 6.00. The van der Waals surface area contributed by atoms with Crippen LogP contribution in [0.15, 0.2) is 42.5 Å². The summed E-state index contributed by atoms with van der Waals surface area (Å²) in [6, 6.07) is 10.6. The van der Waals surface area contributed by atoms with Crippen molar-refractivity contribution in [3.8, 4) is 0 Å². The van der Waals surface area contributed by atoms with Crippen LogP contribution in [0.3, 0.4) is 0 Å². The van der Waals surface area contributed by atoms with Crippen molar-refractivity contribution in [1.29, 1.82) is 0 Å². The maximum Gasteiger partial charge on any atom is 0.271 e. The summed E-state index contributed by atoms with van der Waals surface area (Å²) in [6.45, 7) is 0. The Bertz CT molecular complexity index is 1090. The van der Waals surface area contributed by atoms with Crippen LogP contribution >= 0.6 is 0 Å². The van der Waals surface area contributed by atoms with E-state index in [-0.39, 0.29) is 11.5 Å². The molecule has 0 bridgehead atoms. The molecular weight excluding hydrogens is 340 g/mol. The molecule has 1 unspecified atom stereocenters. The maximum atomic E-state index is 12.6. The molecule has 1 aromatic heterocycles. The first-order valence-corrected chi connectivity index (χ1v) is 7.69. The molecule has 26 heavy (non-hydrogen) atoms. The second-order valence-corrected chi connectivity index (χ2v) is 6.00. The molecule has 0 saturated heterocycles. The van der Waals surface area contributed by atoms with E-state index in [1.807, 2.05) is 0 Å². The monoisotopic (exact) mass is 352 g/mol. The summed E-state index contributed by atoms with van der Waals surface area (Å²) in [5.74, 6) is -1.34. The molecule has 3 aromatic rings. The number of hydrogen-bond donors (Lipinski definition) is 3. The Balaban J connectivity index is 1.67. The van der Waals surface area contributed by atoms with Gasteiger partial charge in [-0.15, -0.1) is 0 Å². The quantitative estimate of drug-likeness (QED) is 0.372. The number of carbonyl (C=O) groups is 2. The maximum absolute atomic E-state index is 12.6. The van der Waals surface area contributed by atoms with Gasteiger partial charge in [0.05, 0.1) is 22.4 Å². The van der Waals surface area contributed by atoms with Crippen molar-refractivity contribution in [2.75, 3.05) is 5.32 Å². The summed E-state index contributed by atoms with van der Waals surface area (Å²) in [7, 11) is 0. The number of fused-ring (bicyclic) bond motifs is 2. The molecule has 1 aliphatic rings. The van der Waals surface area contributed by atoms with Crippen LogP contribution in [0, 0.1) is 10.1 Å². The Kier molecular flexibility index (Phi) is 3.34. The molecule has 2 heterocycles. The average Bonchev–Trinajstić information content (AvgIpc) is 3.14. The van der Waals surface area contributed by atoms with E-state index >= 15 is 0 Å². The number of ketones is 1. The minimum absolute atomic E-state index is 0.0777. The van der Waals surface area contributed by atoms with Gasteiger partial charge in [-0.2, -0.15) is 0 Å². The number of aromatic nitrogens is 2. The van der Waals surface area contributed by atoms with Gasteiger partial charge in [-0.1, -0.05) is 18.2 Å². The lowest BCUT2D eigenvalue weighted by molar-refractivity contribution is -0.384. The molecule has 9 nitrogen and oxygen atoms in total. The number of H-pyrrole nitrogens is 1. The van der Waals surface area contributed by atoms with Crippen LogP contribution in [0.2, 0.25) is 0 Å². The smallest absolute Gasteiger partial charge is 0.271 e. The van der Waals surface area contributed by atoms with Gasteiger partial charge in [0.2, 0.25) is 5.78 Å². The second kappa shape index (κ2) is 5.46. The number of aromatic amines is 1. The van der Waals surface area contributed by atoms with Gasteiger partial charge >= 0.3 is 0 Å². The number of Topliss-reactive ketones (excluding diaryl/α,β-unsaturated/α-hetero) is 1. The molecule has 0 spiro atoms. The average molecular weight is 352 g/mol. The third-order valence-electron chi connectivity index (χ3n) is 4.35. The van der Waals surface area contributed by atoms with E-state index in [4.69, 9.17) is 0 Å². The topological polar surface area (TPSA) is 138 Å².